The van der Waals surface area contributed by atoms with Gasteiger partial charge in [0.2, 0.25) is 0 Å². The minimum Gasteiger partial charge on any atom is -0.507 e. The number of amides is 1. The van der Waals surface area contributed by atoms with Crippen molar-refractivity contribution in [3.05, 3.63) is 60.6 Å². The number of hydrogen-bond donors (Lipinski definition) is 2. The van der Waals surface area contributed by atoms with E-state index in [9.17, 15) is 14.1 Å². The van der Waals surface area contributed by atoms with Crippen LogP contribution in [-0.4, -0.2) is 25.2 Å². The molecule has 3 heterocycles. The molecule has 118 valence electrons. The number of hydrogen-bond acceptors (Lipinski definition) is 5. The van der Waals surface area contributed by atoms with Gasteiger partial charge in [0, 0.05) is 52.8 Å². The third kappa shape index (κ3) is 2.44. The first-order valence-electron chi connectivity index (χ1n) is 7.09. The Kier molecular flexibility index (Phi) is 3.35. The zero-order valence-corrected chi connectivity index (χ0v) is 13.1. The fourth-order valence-electron chi connectivity index (χ4n) is 2.58. The molecule has 1 unspecified atom stereocenters. The lowest BCUT2D eigenvalue weighted by atomic mass is 10.0. The monoisotopic (exact) mass is 337 g/mol. The molecule has 1 aliphatic rings. The molecular formula is C17H11N3O3S. The van der Waals surface area contributed by atoms with Gasteiger partial charge in [-0.3, -0.25) is 19.5 Å². The molecule has 0 radical (unpaired) electrons. The van der Waals surface area contributed by atoms with Crippen LogP contribution >= 0.6 is 0 Å². The summed E-state index contributed by atoms with van der Waals surface area (Å²) >= 11 is 0. The van der Waals surface area contributed by atoms with Crippen molar-refractivity contribution in [1.82, 2.24) is 14.7 Å². The van der Waals surface area contributed by atoms with E-state index in [0.717, 1.165) is 16.5 Å². The molecule has 0 bridgehead atoms. The van der Waals surface area contributed by atoms with Gasteiger partial charge in [0.05, 0.1) is 10.4 Å². The summed E-state index contributed by atoms with van der Waals surface area (Å²) in [5.41, 5.74) is 2.75. The molecular weight excluding hydrogens is 326 g/mol. The van der Waals surface area contributed by atoms with Gasteiger partial charge in [-0.1, -0.05) is 6.07 Å². The fourth-order valence-corrected chi connectivity index (χ4v) is 3.51. The number of carbonyl (C=O) groups excluding carboxylic acids is 1. The molecule has 24 heavy (non-hydrogen) atoms. The Morgan fingerprint density at radius 3 is 2.71 bits per heavy atom. The van der Waals surface area contributed by atoms with Crippen LogP contribution in [0.15, 0.2) is 55.0 Å². The van der Waals surface area contributed by atoms with E-state index < -0.39 is 16.9 Å². The predicted octanol–water partition coefficient (Wildman–Crippen LogP) is 2.14. The average Bonchev–Trinajstić information content (AvgIpc) is 2.93. The molecule has 2 N–H and O–H groups in total. The van der Waals surface area contributed by atoms with Gasteiger partial charge < -0.3 is 5.11 Å². The number of rotatable bonds is 2. The highest BCUT2D eigenvalue weighted by atomic mass is 32.2. The Morgan fingerprint density at radius 1 is 1.12 bits per heavy atom. The second-order valence-corrected chi connectivity index (χ2v) is 6.45. The summed E-state index contributed by atoms with van der Waals surface area (Å²) in [5, 5.41) is 11.0. The highest BCUT2D eigenvalue weighted by Gasteiger charge is 2.23. The second kappa shape index (κ2) is 5.54. The van der Waals surface area contributed by atoms with Crippen molar-refractivity contribution in [2.75, 3.05) is 0 Å². The molecule has 0 saturated carbocycles. The van der Waals surface area contributed by atoms with Crippen molar-refractivity contribution in [2.24, 2.45) is 0 Å². The molecule has 2 aromatic heterocycles. The van der Waals surface area contributed by atoms with Crippen molar-refractivity contribution in [2.45, 2.75) is 0 Å². The van der Waals surface area contributed by atoms with Gasteiger partial charge in [0.1, 0.15) is 5.75 Å². The lowest BCUT2D eigenvalue weighted by Gasteiger charge is -2.08. The van der Waals surface area contributed by atoms with Gasteiger partial charge >= 0.3 is 0 Å². The number of fused-ring (bicyclic) bond motifs is 1. The number of nitrogens with one attached hydrogen (secondary N) is 1. The van der Waals surface area contributed by atoms with Crippen LogP contribution < -0.4 is 4.72 Å². The quantitative estimate of drug-likeness (QED) is 0.747. The Hall–Kier alpha value is -3.06. The van der Waals surface area contributed by atoms with Gasteiger partial charge in [-0.15, -0.1) is 0 Å². The van der Waals surface area contributed by atoms with Crippen molar-refractivity contribution >= 4 is 32.7 Å². The van der Waals surface area contributed by atoms with Crippen LogP contribution in [-0.2, 0) is 15.8 Å². The minimum atomic E-state index is -1.67. The summed E-state index contributed by atoms with van der Waals surface area (Å²) in [6.45, 7) is 0. The SMILES string of the molecule is O=C1C=C(c2cc3cc(-c4cccnc4)cnc3cc2O)S(=O)N1. The van der Waals surface area contributed by atoms with Crippen molar-refractivity contribution < 1.29 is 14.1 Å². The highest BCUT2D eigenvalue weighted by molar-refractivity contribution is 7.94. The highest BCUT2D eigenvalue weighted by Crippen LogP contribution is 2.33. The average molecular weight is 337 g/mol. The summed E-state index contributed by atoms with van der Waals surface area (Å²) in [5.74, 6) is -0.509. The molecule has 1 aliphatic heterocycles. The van der Waals surface area contributed by atoms with Crippen LogP contribution in [0.25, 0.3) is 26.9 Å². The molecule has 0 fully saturated rings. The summed E-state index contributed by atoms with van der Waals surface area (Å²) in [6.07, 6.45) is 6.37. The van der Waals surface area contributed by atoms with E-state index in [1.165, 1.54) is 12.1 Å². The normalized spacial score (nSPS) is 16.9. The Bertz CT molecular complexity index is 1030. The van der Waals surface area contributed by atoms with Crippen LogP contribution in [0.1, 0.15) is 5.56 Å². The first-order valence-corrected chi connectivity index (χ1v) is 8.24. The van der Waals surface area contributed by atoms with Gasteiger partial charge in [0.15, 0.2) is 11.0 Å². The number of phenols is 1. The maximum absolute atomic E-state index is 11.9. The van der Waals surface area contributed by atoms with Crippen molar-refractivity contribution in [1.29, 1.82) is 0 Å². The smallest absolute Gasteiger partial charge is 0.257 e. The number of carbonyl (C=O) groups is 1. The van der Waals surface area contributed by atoms with E-state index in [2.05, 4.69) is 14.7 Å². The van der Waals surface area contributed by atoms with E-state index in [4.69, 9.17) is 0 Å². The van der Waals surface area contributed by atoms with Crippen molar-refractivity contribution in [3.63, 3.8) is 0 Å². The van der Waals surface area contributed by atoms with E-state index in [1.807, 2.05) is 18.2 Å². The number of nitrogens with zero attached hydrogens (tertiary/aromatic N) is 2. The molecule has 7 heteroatoms. The topological polar surface area (TPSA) is 92.2 Å². The van der Waals surface area contributed by atoms with Gasteiger partial charge in [0.25, 0.3) is 5.91 Å². The van der Waals surface area contributed by atoms with Gasteiger partial charge in [-0.05, 0) is 18.2 Å². The number of aromatic hydroxyl groups is 1. The number of phenolic OH excluding ortho intramolecular Hbond substituents is 1. The van der Waals surface area contributed by atoms with Crippen LogP contribution in [0.4, 0.5) is 0 Å². The van der Waals surface area contributed by atoms with E-state index in [1.54, 1.807) is 24.7 Å². The molecule has 1 aromatic carbocycles. The zero-order chi connectivity index (χ0) is 16.7. The van der Waals surface area contributed by atoms with E-state index in [-0.39, 0.29) is 10.7 Å². The summed E-state index contributed by atoms with van der Waals surface area (Å²) in [4.78, 5) is 20.1. The third-order valence-corrected chi connectivity index (χ3v) is 4.84. The lowest BCUT2D eigenvalue weighted by Crippen LogP contribution is -2.16. The Balaban J connectivity index is 1.88. The fraction of sp³-hybridized carbons (Fsp3) is 0. The Labute approximate surface area is 139 Å². The number of pyridine rings is 2. The van der Waals surface area contributed by atoms with Crippen LogP contribution in [0.3, 0.4) is 0 Å². The predicted molar refractivity (Wildman–Crippen MR) is 90.9 cm³/mol. The first-order chi connectivity index (χ1) is 11.6. The number of benzene rings is 1. The van der Waals surface area contributed by atoms with Crippen LogP contribution in [0.2, 0.25) is 0 Å². The maximum atomic E-state index is 11.9. The van der Waals surface area contributed by atoms with E-state index >= 15 is 0 Å². The molecule has 4 rings (SSSR count). The van der Waals surface area contributed by atoms with Crippen LogP contribution in [0.5, 0.6) is 5.75 Å². The third-order valence-electron chi connectivity index (χ3n) is 3.71. The molecule has 0 saturated heterocycles. The second-order valence-electron chi connectivity index (χ2n) is 5.27. The standard InChI is InChI=1S/C17H11N3O3S/c21-15-6-14-11(5-13(15)16-7-17(22)20-24(16)23)4-12(9-19-14)10-2-1-3-18-8-10/h1-9,21H,(H,20,22). The summed E-state index contributed by atoms with van der Waals surface area (Å²) in [7, 11) is -1.67. The molecule has 1 amide bonds. The number of aromatic nitrogens is 2. The van der Waals surface area contributed by atoms with E-state index in [0.29, 0.717) is 11.1 Å². The Morgan fingerprint density at radius 2 is 2.00 bits per heavy atom. The molecule has 1 atom stereocenters. The summed E-state index contributed by atoms with van der Waals surface area (Å²) in [6, 6.07) is 8.86. The maximum Gasteiger partial charge on any atom is 0.257 e. The molecule has 0 spiro atoms. The van der Waals surface area contributed by atoms with Crippen molar-refractivity contribution in [3.8, 4) is 16.9 Å². The summed E-state index contributed by atoms with van der Waals surface area (Å²) < 4.78 is 14.2. The zero-order valence-electron chi connectivity index (χ0n) is 12.3. The minimum absolute atomic E-state index is 0.0692. The van der Waals surface area contributed by atoms with Crippen LogP contribution in [0, 0.1) is 0 Å². The molecule has 0 aliphatic carbocycles. The first kappa shape index (κ1) is 14.5. The van der Waals surface area contributed by atoms with Gasteiger partial charge in [-0.2, -0.15) is 0 Å². The molecule has 6 nitrogen and oxygen atoms in total. The largest absolute Gasteiger partial charge is 0.507 e. The van der Waals surface area contributed by atoms with Gasteiger partial charge in [-0.25, -0.2) is 4.21 Å². The lowest BCUT2D eigenvalue weighted by molar-refractivity contribution is -0.114. The molecule has 3 aromatic rings.